The lowest BCUT2D eigenvalue weighted by atomic mass is 10.1. The van der Waals surface area contributed by atoms with E-state index in [4.69, 9.17) is 0 Å². The van der Waals surface area contributed by atoms with Crippen LogP contribution in [0.15, 0.2) is 54.3 Å². The molecule has 2 nitrogen and oxygen atoms in total. The first-order chi connectivity index (χ1) is 7.86. The van der Waals surface area contributed by atoms with Gasteiger partial charge in [0.25, 0.3) is 0 Å². The molecule has 1 heterocycles. The van der Waals surface area contributed by atoms with Crippen LogP contribution in [0.1, 0.15) is 25.5 Å². The maximum atomic E-state index is 4.29. The Balaban J connectivity index is 2.39. The van der Waals surface area contributed by atoms with Gasteiger partial charge >= 0.3 is 0 Å². The summed E-state index contributed by atoms with van der Waals surface area (Å²) >= 11 is 0. The van der Waals surface area contributed by atoms with Crippen molar-refractivity contribution in [3.63, 3.8) is 0 Å². The molecule has 0 bridgehead atoms. The zero-order chi connectivity index (χ0) is 11.6. The number of aryl methyl sites for hydroxylation is 1. The molecule has 0 aliphatic heterocycles. The van der Waals surface area contributed by atoms with Gasteiger partial charge in [-0.25, -0.2) is 0 Å². The second-order valence-electron chi connectivity index (χ2n) is 3.48. The highest BCUT2D eigenvalue weighted by Gasteiger charge is 1.96. The molecule has 0 fully saturated rings. The summed E-state index contributed by atoms with van der Waals surface area (Å²) in [6, 6.07) is 6.01. The number of nitrogens with zero attached hydrogens (tertiary/aromatic N) is 2. The maximum Gasteiger partial charge on any atom is 0.0403 e. The van der Waals surface area contributed by atoms with Crippen LogP contribution in [-0.2, 0) is 6.42 Å². The Morgan fingerprint density at radius 2 is 2.38 bits per heavy atom. The van der Waals surface area contributed by atoms with E-state index in [0.717, 1.165) is 30.7 Å². The van der Waals surface area contributed by atoms with Gasteiger partial charge in [0.1, 0.15) is 0 Å². The monoisotopic (exact) mass is 214 g/mol. The van der Waals surface area contributed by atoms with Crippen molar-refractivity contribution >= 4 is 5.71 Å². The van der Waals surface area contributed by atoms with Gasteiger partial charge in [-0.15, -0.1) is 0 Å². The van der Waals surface area contributed by atoms with Gasteiger partial charge in [0.05, 0.1) is 0 Å². The SMILES string of the molecule is C=CN=C(/C=C\C)CCCc1ccccn1. The third-order valence-corrected chi connectivity index (χ3v) is 2.21. The van der Waals surface area contributed by atoms with Gasteiger partial charge in [-0.05, 0) is 44.4 Å². The van der Waals surface area contributed by atoms with Gasteiger partial charge in [-0.2, -0.15) is 0 Å². The molecule has 2 heteroatoms. The Morgan fingerprint density at radius 1 is 1.50 bits per heavy atom. The summed E-state index contributed by atoms with van der Waals surface area (Å²) < 4.78 is 0. The molecule has 0 unspecified atom stereocenters. The minimum atomic E-state index is 0.965. The second-order valence-corrected chi connectivity index (χ2v) is 3.48. The fourth-order valence-corrected chi connectivity index (χ4v) is 1.50. The summed E-state index contributed by atoms with van der Waals surface area (Å²) in [5, 5.41) is 0. The van der Waals surface area contributed by atoms with Crippen LogP contribution in [0.2, 0.25) is 0 Å². The number of rotatable bonds is 6. The molecule has 1 aromatic rings. The summed E-state index contributed by atoms with van der Waals surface area (Å²) in [6.45, 7) is 5.61. The van der Waals surface area contributed by atoms with Crippen molar-refractivity contribution < 1.29 is 0 Å². The van der Waals surface area contributed by atoms with Crippen LogP contribution >= 0.6 is 0 Å². The third-order valence-electron chi connectivity index (χ3n) is 2.21. The van der Waals surface area contributed by atoms with Crippen molar-refractivity contribution in [1.29, 1.82) is 0 Å². The minimum Gasteiger partial charge on any atom is -0.262 e. The van der Waals surface area contributed by atoms with Gasteiger partial charge in [0.15, 0.2) is 0 Å². The van der Waals surface area contributed by atoms with Crippen LogP contribution in [0.25, 0.3) is 0 Å². The number of hydrogen-bond acceptors (Lipinski definition) is 2. The Morgan fingerprint density at radius 3 is 3.00 bits per heavy atom. The Kier molecular flexibility index (Phi) is 5.86. The van der Waals surface area contributed by atoms with Gasteiger partial charge in [0.2, 0.25) is 0 Å². The molecule has 0 aliphatic carbocycles. The maximum absolute atomic E-state index is 4.29. The smallest absolute Gasteiger partial charge is 0.0403 e. The van der Waals surface area contributed by atoms with Crippen molar-refractivity contribution in [1.82, 2.24) is 4.98 Å². The average molecular weight is 214 g/mol. The van der Waals surface area contributed by atoms with Crippen molar-refractivity contribution in [2.24, 2.45) is 4.99 Å². The topological polar surface area (TPSA) is 25.2 Å². The van der Waals surface area contributed by atoms with E-state index in [0.29, 0.717) is 0 Å². The molecule has 0 aliphatic rings. The molecule has 1 rings (SSSR count). The highest BCUT2D eigenvalue weighted by atomic mass is 14.7. The van der Waals surface area contributed by atoms with E-state index < -0.39 is 0 Å². The molecule has 16 heavy (non-hydrogen) atoms. The predicted molar refractivity (Wildman–Crippen MR) is 69.6 cm³/mol. The van der Waals surface area contributed by atoms with Gasteiger partial charge in [-0.1, -0.05) is 18.7 Å². The number of pyridine rings is 1. The molecule has 0 saturated carbocycles. The van der Waals surface area contributed by atoms with Crippen LogP contribution in [0.4, 0.5) is 0 Å². The Labute approximate surface area is 97.5 Å². The lowest BCUT2D eigenvalue weighted by Crippen LogP contribution is -1.96. The lowest BCUT2D eigenvalue weighted by molar-refractivity contribution is 0.838. The minimum absolute atomic E-state index is 0.965. The van der Waals surface area contributed by atoms with Crippen LogP contribution in [0, 0.1) is 0 Å². The quantitative estimate of drug-likeness (QED) is 0.665. The lowest BCUT2D eigenvalue weighted by Gasteiger charge is -2.00. The number of allylic oxidation sites excluding steroid dienone is 2. The van der Waals surface area contributed by atoms with Crippen LogP contribution in [0.5, 0.6) is 0 Å². The van der Waals surface area contributed by atoms with Crippen LogP contribution in [0.3, 0.4) is 0 Å². The Hall–Kier alpha value is -1.70. The zero-order valence-corrected chi connectivity index (χ0v) is 9.76. The number of aromatic nitrogens is 1. The van der Waals surface area contributed by atoms with E-state index in [1.54, 1.807) is 6.20 Å². The van der Waals surface area contributed by atoms with E-state index in [9.17, 15) is 0 Å². The van der Waals surface area contributed by atoms with E-state index in [2.05, 4.69) is 22.6 Å². The molecule has 84 valence electrons. The fourth-order valence-electron chi connectivity index (χ4n) is 1.50. The first kappa shape index (κ1) is 12.4. The molecule has 0 radical (unpaired) electrons. The summed E-state index contributed by atoms with van der Waals surface area (Å²) in [4.78, 5) is 8.51. The van der Waals surface area contributed by atoms with E-state index in [-0.39, 0.29) is 0 Å². The third kappa shape index (κ3) is 4.69. The summed E-state index contributed by atoms with van der Waals surface area (Å²) in [7, 11) is 0. The van der Waals surface area contributed by atoms with Gasteiger partial charge < -0.3 is 0 Å². The van der Waals surface area contributed by atoms with E-state index in [1.165, 1.54) is 0 Å². The molecular weight excluding hydrogens is 196 g/mol. The van der Waals surface area contributed by atoms with Crippen LogP contribution in [-0.4, -0.2) is 10.7 Å². The first-order valence-corrected chi connectivity index (χ1v) is 5.57. The molecule has 0 atom stereocenters. The molecule has 0 N–H and O–H groups in total. The normalized spacial score (nSPS) is 11.9. The standard InChI is InChI=1S/C14H18N2/c1-3-8-13(15-4-2)10-7-11-14-9-5-6-12-16-14/h3-6,8-9,12H,2,7,10-11H2,1H3/b8-3-,15-13?. The second kappa shape index (κ2) is 7.57. The van der Waals surface area contributed by atoms with Crippen molar-refractivity contribution in [3.8, 4) is 0 Å². The van der Waals surface area contributed by atoms with Crippen LogP contribution < -0.4 is 0 Å². The molecule has 1 aromatic heterocycles. The Bertz CT molecular complexity index is 364. The molecule has 0 amide bonds. The average Bonchev–Trinajstić information content (AvgIpc) is 2.31. The molecular formula is C14H18N2. The van der Waals surface area contributed by atoms with Crippen molar-refractivity contribution in [2.45, 2.75) is 26.2 Å². The zero-order valence-electron chi connectivity index (χ0n) is 9.76. The van der Waals surface area contributed by atoms with E-state index >= 15 is 0 Å². The first-order valence-electron chi connectivity index (χ1n) is 5.57. The summed E-state index contributed by atoms with van der Waals surface area (Å²) in [5.41, 5.74) is 2.22. The number of aliphatic imine (C=N–C) groups is 1. The highest BCUT2D eigenvalue weighted by Crippen LogP contribution is 2.03. The number of hydrogen-bond donors (Lipinski definition) is 0. The summed E-state index contributed by atoms with van der Waals surface area (Å²) in [6.07, 6.45) is 10.5. The fraction of sp³-hybridized carbons (Fsp3) is 0.286. The van der Waals surface area contributed by atoms with E-state index in [1.807, 2.05) is 37.4 Å². The van der Waals surface area contributed by atoms with Crippen molar-refractivity contribution in [2.75, 3.05) is 0 Å². The largest absolute Gasteiger partial charge is 0.262 e. The molecule has 0 aromatic carbocycles. The highest BCUT2D eigenvalue weighted by molar-refractivity contribution is 5.95. The van der Waals surface area contributed by atoms with Gasteiger partial charge in [0, 0.05) is 23.8 Å². The van der Waals surface area contributed by atoms with Gasteiger partial charge in [-0.3, -0.25) is 9.98 Å². The molecule has 0 spiro atoms. The summed E-state index contributed by atoms with van der Waals surface area (Å²) in [5.74, 6) is 0. The molecule has 0 saturated heterocycles. The predicted octanol–water partition coefficient (Wildman–Crippen LogP) is 3.56. The van der Waals surface area contributed by atoms with Crippen molar-refractivity contribution in [3.05, 3.63) is 55.0 Å².